The molecule has 5 nitrogen and oxygen atoms in total. The summed E-state index contributed by atoms with van der Waals surface area (Å²) in [6.45, 7) is 0.0707. The molecule has 132 valence electrons. The number of carboxylic acids is 1. The zero-order valence-corrected chi connectivity index (χ0v) is 15.6. The molecule has 2 aromatic rings. The fraction of sp³-hybridized carbons (Fsp3) is 0.222. The van der Waals surface area contributed by atoms with Gasteiger partial charge in [-0.05, 0) is 29.3 Å². The largest absolute Gasteiger partial charge is 0.480 e. The first-order valence-corrected chi connectivity index (χ1v) is 8.70. The number of aliphatic carboxylic acids is 1. The average molecular weight is 427 g/mol. The van der Waals surface area contributed by atoms with E-state index < -0.39 is 17.9 Å². The van der Waals surface area contributed by atoms with Gasteiger partial charge in [0.1, 0.15) is 12.6 Å². The van der Waals surface area contributed by atoms with Gasteiger partial charge in [-0.3, -0.25) is 4.79 Å². The molecule has 1 amide bonds. The molecule has 0 aliphatic heterocycles. The summed E-state index contributed by atoms with van der Waals surface area (Å²) in [4.78, 5) is 23.4. The fourth-order valence-electron chi connectivity index (χ4n) is 2.19. The molecule has 0 heterocycles. The number of benzene rings is 2. The van der Waals surface area contributed by atoms with Crippen molar-refractivity contribution < 1.29 is 19.4 Å². The highest BCUT2D eigenvalue weighted by Gasteiger charge is 2.21. The van der Waals surface area contributed by atoms with E-state index >= 15 is 0 Å². The zero-order chi connectivity index (χ0) is 18.2. The summed E-state index contributed by atoms with van der Waals surface area (Å²) in [5, 5.41) is 12.3. The SMILES string of the molecule is O=C(COCc1ccccc1)N[C@H](Cc1cc(Cl)ccc1Br)C(=O)O. The molecule has 0 aliphatic rings. The quantitative estimate of drug-likeness (QED) is 0.678. The van der Waals surface area contributed by atoms with Crippen LogP contribution >= 0.6 is 27.5 Å². The highest BCUT2D eigenvalue weighted by Crippen LogP contribution is 2.22. The zero-order valence-electron chi connectivity index (χ0n) is 13.2. The Kier molecular flexibility index (Phi) is 7.43. The van der Waals surface area contributed by atoms with Crippen LogP contribution in [0.15, 0.2) is 53.0 Å². The second-order valence-electron chi connectivity index (χ2n) is 5.38. The van der Waals surface area contributed by atoms with Crippen LogP contribution in [-0.4, -0.2) is 29.6 Å². The summed E-state index contributed by atoms with van der Waals surface area (Å²) >= 11 is 9.29. The molecule has 0 aromatic heterocycles. The number of amides is 1. The number of carbonyl (C=O) groups excluding carboxylic acids is 1. The van der Waals surface area contributed by atoms with Gasteiger partial charge in [0.25, 0.3) is 0 Å². The van der Waals surface area contributed by atoms with Gasteiger partial charge in [0.15, 0.2) is 0 Å². The summed E-state index contributed by atoms with van der Waals surface area (Å²) in [7, 11) is 0. The van der Waals surface area contributed by atoms with Crippen molar-refractivity contribution in [1.82, 2.24) is 5.32 Å². The van der Waals surface area contributed by atoms with Gasteiger partial charge in [0.2, 0.25) is 5.91 Å². The number of hydrogen-bond donors (Lipinski definition) is 2. The maximum Gasteiger partial charge on any atom is 0.326 e. The molecule has 0 unspecified atom stereocenters. The number of ether oxygens (including phenoxy) is 1. The standard InChI is InChI=1S/C18H17BrClNO4/c19-15-7-6-14(20)8-13(15)9-16(18(23)24)21-17(22)11-25-10-12-4-2-1-3-5-12/h1-8,16H,9-11H2,(H,21,22)(H,23,24)/t16-/m1/s1. The highest BCUT2D eigenvalue weighted by molar-refractivity contribution is 9.10. The van der Waals surface area contributed by atoms with Crippen LogP contribution in [-0.2, 0) is 27.4 Å². The lowest BCUT2D eigenvalue weighted by Gasteiger charge is -2.16. The van der Waals surface area contributed by atoms with Crippen molar-refractivity contribution in [2.75, 3.05) is 6.61 Å². The van der Waals surface area contributed by atoms with Gasteiger partial charge in [0, 0.05) is 15.9 Å². The third-order valence-electron chi connectivity index (χ3n) is 3.41. The Morgan fingerprint density at radius 3 is 2.60 bits per heavy atom. The van der Waals surface area contributed by atoms with Gasteiger partial charge in [0.05, 0.1) is 6.61 Å². The van der Waals surface area contributed by atoms with Crippen molar-refractivity contribution in [3.63, 3.8) is 0 Å². The van der Waals surface area contributed by atoms with Crippen molar-refractivity contribution >= 4 is 39.4 Å². The Labute approximate surface area is 159 Å². The Morgan fingerprint density at radius 1 is 1.20 bits per heavy atom. The first kappa shape index (κ1) is 19.4. The van der Waals surface area contributed by atoms with Crippen LogP contribution in [0.5, 0.6) is 0 Å². The van der Waals surface area contributed by atoms with Crippen LogP contribution in [0.1, 0.15) is 11.1 Å². The van der Waals surface area contributed by atoms with Crippen LogP contribution < -0.4 is 5.32 Å². The van der Waals surface area contributed by atoms with Gasteiger partial charge in [-0.25, -0.2) is 4.79 Å². The molecule has 0 saturated carbocycles. The molecule has 2 N–H and O–H groups in total. The lowest BCUT2D eigenvalue weighted by molar-refractivity contribution is -0.142. The summed E-state index contributed by atoms with van der Waals surface area (Å²) in [5.41, 5.74) is 1.64. The summed E-state index contributed by atoms with van der Waals surface area (Å²) in [5.74, 6) is -1.61. The summed E-state index contributed by atoms with van der Waals surface area (Å²) in [6.07, 6.45) is 0.112. The molecular weight excluding hydrogens is 410 g/mol. The molecule has 25 heavy (non-hydrogen) atoms. The summed E-state index contributed by atoms with van der Waals surface area (Å²) < 4.78 is 6.05. The van der Waals surface area contributed by atoms with Crippen LogP contribution in [0.3, 0.4) is 0 Å². The third-order valence-corrected chi connectivity index (χ3v) is 4.42. The van der Waals surface area contributed by atoms with Crippen LogP contribution in [0.4, 0.5) is 0 Å². The number of halogens is 2. The molecular formula is C18H17BrClNO4. The van der Waals surface area contributed by atoms with E-state index in [9.17, 15) is 14.7 Å². The van der Waals surface area contributed by atoms with E-state index in [4.69, 9.17) is 16.3 Å². The van der Waals surface area contributed by atoms with E-state index in [0.29, 0.717) is 10.6 Å². The van der Waals surface area contributed by atoms with Gasteiger partial charge in [-0.15, -0.1) is 0 Å². The van der Waals surface area contributed by atoms with Crippen molar-refractivity contribution in [3.05, 3.63) is 69.2 Å². The Morgan fingerprint density at radius 2 is 1.92 bits per heavy atom. The van der Waals surface area contributed by atoms with Crippen molar-refractivity contribution in [3.8, 4) is 0 Å². The smallest absolute Gasteiger partial charge is 0.326 e. The average Bonchev–Trinajstić information content (AvgIpc) is 2.58. The molecule has 7 heteroatoms. The molecule has 0 spiro atoms. The minimum absolute atomic E-state index is 0.112. The topological polar surface area (TPSA) is 75.6 Å². The fourth-order valence-corrected chi connectivity index (χ4v) is 2.79. The number of carboxylic acid groups (broad SMARTS) is 1. The predicted octanol–water partition coefficient (Wildman–Crippen LogP) is 3.43. The molecule has 0 aliphatic carbocycles. The van der Waals surface area contributed by atoms with Gasteiger partial charge in [-0.2, -0.15) is 0 Å². The number of carbonyl (C=O) groups is 2. The van der Waals surface area contributed by atoms with E-state index in [2.05, 4.69) is 21.2 Å². The Bertz CT molecular complexity index is 739. The van der Waals surface area contributed by atoms with E-state index in [1.165, 1.54) is 0 Å². The lowest BCUT2D eigenvalue weighted by Crippen LogP contribution is -2.43. The maximum atomic E-state index is 12.0. The first-order valence-electron chi connectivity index (χ1n) is 7.53. The van der Waals surface area contributed by atoms with Gasteiger partial charge < -0.3 is 15.2 Å². The molecule has 2 aromatic carbocycles. The van der Waals surface area contributed by atoms with Gasteiger partial charge in [-0.1, -0.05) is 57.9 Å². The third kappa shape index (κ3) is 6.49. The molecule has 0 radical (unpaired) electrons. The molecule has 2 rings (SSSR count). The molecule has 0 fully saturated rings. The van der Waals surface area contributed by atoms with Crippen LogP contribution in [0.2, 0.25) is 5.02 Å². The van der Waals surface area contributed by atoms with Crippen molar-refractivity contribution in [1.29, 1.82) is 0 Å². The molecule has 1 atom stereocenters. The number of nitrogens with one attached hydrogen (secondary N) is 1. The maximum absolute atomic E-state index is 12.0. The lowest BCUT2D eigenvalue weighted by atomic mass is 10.1. The van der Waals surface area contributed by atoms with Crippen molar-refractivity contribution in [2.24, 2.45) is 0 Å². The second kappa shape index (κ2) is 9.56. The minimum atomic E-state index is -1.12. The molecule has 0 saturated heterocycles. The van der Waals surface area contributed by atoms with Crippen LogP contribution in [0.25, 0.3) is 0 Å². The minimum Gasteiger partial charge on any atom is -0.480 e. The monoisotopic (exact) mass is 425 g/mol. The number of rotatable bonds is 8. The second-order valence-corrected chi connectivity index (χ2v) is 6.67. The Balaban J connectivity index is 1.88. The van der Waals surface area contributed by atoms with Crippen LogP contribution in [0, 0.1) is 0 Å². The van der Waals surface area contributed by atoms with E-state index in [1.807, 2.05) is 30.3 Å². The summed E-state index contributed by atoms with van der Waals surface area (Å²) in [6, 6.07) is 13.4. The van der Waals surface area contributed by atoms with Crippen molar-refractivity contribution in [2.45, 2.75) is 19.1 Å². The highest BCUT2D eigenvalue weighted by atomic mass is 79.9. The van der Waals surface area contributed by atoms with E-state index in [0.717, 1.165) is 10.0 Å². The van der Waals surface area contributed by atoms with Gasteiger partial charge >= 0.3 is 5.97 Å². The Hall–Kier alpha value is -1.89. The number of hydrogen-bond acceptors (Lipinski definition) is 3. The first-order chi connectivity index (χ1) is 12.0. The van der Waals surface area contributed by atoms with E-state index in [1.54, 1.807) is 18.2 Å². The normalized spacial score (nSPS) is 11.8. The molecule has 0 bridgehead atoms. The predicted molar refractivity (Wildman–Crippen MR) is 98.5 cm³/mol. The van der Waals surface area contributed by atoms with E-state index in [-0.39, 0.29) is 19.6 Å².